The Kier molecular flexibility index (Phi) is 3.10. The standard InChI is InChI=1S/C10H10F4O4/c1-16-8(15)5-2-3-7-6(4-5)9(11,12)18-10(13,14)17-7/h2-3,5-7H,4H2,1H3. The van der Waals surface area contributed by atoms with Crippen LogP contribution in [0.2, 0.25) is 0 Å². The number of hydrogen-bond donors (Lipinski definition) is 0. The van der Waals surface area contributed by atoms with Crippen molar-refractivity contribution in [2.75, 3.05) is 7.11 Å². The molecule has 0 aromatic rings. The highest BCUT2D eigenvalue weighted by Crippen LogP contribution is 2.47. The van der Waals surface area contributed by atoms with E-state index in [2.05, 4.69) is 14.2 Å². The maximum atomic E-state index is 13.4. The van der Waals surface area contributed by atoms with Crippen molar-refractivity contribution in [1.82, 2.24) is 0 Å². The summed E-state index contributed by atoms with van der Waals surface area (Å²) in [6, 6.07) is 0. The van der Waals surface area contributed by atoms with E-state index in [4.69, 9.17) is 0 Å². The van der Waals surface area contributed by atoms with Gasteiger partial charge in [-0.25, -0.2) is 4.74 Å². The summed E-state index contributed by atoms with van der Waals surface area (Å²) in [5, 5.41) is 0. The number of hydrogen-bond acceptors (Lipinski definition) is 4. The van der Waals surface area contributed by atoms with Gasteiger partial charge in [-0.05, 0) is 6.42 Å². The molecule has 0 saturated carbocycles. The average Bonchev–Trinajstić information content (AvgIpc) is 2.25. The van der Waals surface area contributed by atoms with Gasteiger partial charge in [0.2, 0.25) is 0 Å². The van der Waals surface area contributed by atoms with E-state index in [1.165, 1.54) is 6.08 Å². The van der Waals surface area contributed by atoms with Crippen molar-refractivity contribution in [3.05, 3.63) is 12.2 Å². The van der Waals surface area contributed by atoms with E-state index in [9.17, 15) is 22.4 Å². The van der Waals surface area contributed by atoms with Crippen molar-refractivity contribution in [3.8, 4) is 0 Å². The van der Waals surface area contributed by atoms with E-state index in [1.54, 1.807) is 0 Å². The molecule has 3 unspecified atom stereocenters. The fourth-order valence-corrected chi connectivity index (χ4v) is 2.06. The predicted octanol–water partition coefficient (Wildman–Crippen LogP) is 1.91. The number of ether oxygens (including phenoxy) is 3. The highest BCUT2D eigenvalue weighted by molar-refractivity contribution is 5.74. The zero-order chi connectivity index (χ0) is 13.6. The average molecular weight is 270 g/mol. The lowest BCUT2D eigenvalue weighted by Crippen LogP contribution is -2.54. The second-order valence-corrected chi connectivity index (χ2v) is 4.07. The fraction of sp³-hybridized carbons (Fsp3) is 0.700. The van der Waals surface area contributed by atoms with E-state index < -0.39 is 36.3 Å². The molecular formula is C10H10F4O4. The lowest BCUT2D eigenvalue weighted by Gasteiger charge is -2.41. The Morgan fingerprint density at radius 2 is 2.00 bits per heavy atom. The summed E-state index contributed by atoms with van der Waals surface area (Å²) in [6.07, 6.45) is -8.04. The first-order valence-corrected chi connectivity index (χ1v) is 5.15. The molecule has 0 spiro atoms. The number of fused-ring (bicyclic) bond motifs is 1. The van der Waals surface area contributed by atoms with E-state index in [-0.39, 0.29) is 6.42 Å². The summed E-state index contributed by atoms with van der Waals surface area (Å²) in [5.74, 6) is -3.27. The quantitative estimate of drug-likeness (QED) is 0.415. The molecule has 102 valence electrons. The summed E-state index contributed by atoms with van der Waals surface area (Å²) in [4.78, 5) is 11.2. The Bertz CT molecular complexity index is 382. The van der Waals surface area contributed by atoms with Crippen LogP contribution in [-0.4, -0.2) is 31.6 Å². The minimum absolute atomic E-state index is 0.378. The van der Waals surface area contributed by atoms with Crippen LogP contribution >= 0.6 is 0 Å². The largest absolute Gasteiger partial charge is 0.490 e. The molecular weight excluding hydrogens is 260 g/mol. The van der Waals surface area contributed by atoms with Crippen LogP contribution in [0.4, 0.5) is 17.6 Å². The Morgan fingerprint density at radius 3 is 2.61 bits per heavy atom. The van der Waals surface area contributed by atoms with Crippen LogP contribution in [0, 0.1) is 11.8 Å². The monoisotopic (exact) mass is 270 g/mol. The fourth-order valence-electron chi connectivity index (χ4n) is 2.06. The summed E-state index contributed by atoms with van der Waals surface area (Å²) < 4.78 is 64.1. The van der Waals surface area contributed by atoms with Gasteiger partial charge >= 0.3 is 18.4 Å². The molecule has 0 amide bonds. The lowest BCUT2D eigenvalue weighted by molar-refractivity contribution is -0.521. The Labute approximate surface area is 99.5 Å². The molecule has 1 aliphatic heterocycles. The van der Waals surface area contributed by atoms with Gasteiger partial charge in [0, 0.05) is 0 Å². The molecule has 1 saturated heterocycles. The van der Waals surface area contributed by atoms with Crippen molar-refractivity contribution in [3.63, 3.8) is 0 Å². The normalized spacial score (nSPS) is 36.8. The summed E-state index contributed by atoms with van der Waals surface area (Å²) in [7, 11) is 1.11. The highest BCUT2D eigenvalue weighted by atomic mass is 19.3. The van der Waals surface area contributed by atoms with Crippen molar-refractivity contribution in [1.29, 1.82) is 0 Å². The molecule has 0 bridgehead atoms. The lowest BCUT2D eigenvalue weighted by atomic mass is 9.83. The van der Waals surface area contributed by atoms with Gasteiger partial charge in [0.15, 0.2) is 0 Å². The van der Waals surface area contributed by atoms with E-state index in [0.29, 0.717) is 0 Å². The molecule has 2 rings (SSSR count). The first kappa shape index (κ1) is 13.3. The zero-order valence-corrected chi connectivity index (χ0v) is 9.24. The molecule has 0 N–H and O–H groups in total. The Balaban J connectivity index is 2.22. The maximum Gasteiger partial charge on any atom is 0.490 e. The molecule has 8 heteroatoms. The minimum Gasteiger partial charge on any atom is -0.469 e. The van der Waals surface area contributed by atoms with Gasteiger partial charge < -0.3 is 4.74 Å². The molecule has 2 aliphatic rings. The molecule has 0 radical (unpaired) electrons. The first-order chi connectivity index (χ1) is 8.25. The van der Waals surface area contributed by atoms with E-state index >= 15 is 0 Å². The summed E-state index contributed by atoms with van der Waals surface area (Å²) in [6.45, 7) is 0. The number of rotatable bonds is 1. The van der Waals surface area contributed by atoms with Gasteiger partial charge in [0.05, 0.1) is 25.0 Å². The Hall–Kier alpha value is -1.15. The van der Waals surface area contributed by atoms with Crippen LogP contribution in [0.15, 0.2) is 12.2 Å². The smallest absolute Gasteiger partial charge is 0.469 e. The molecule has 18 heavy (non-hydrogen) atoms. The Morgan fingerprint density at radius 1 is 1.33 bits per heavy atom. The van der Waals surface area contributed by atoms with Gasteiger partial charge in [0.25, 0.3) is 0 Å². The van der Waals surface area contributed by atoms with Gasteiger partial charge in [-0.2, -0.15) is 8.78 Å². The molecule has 1 heterocycles. The molecule has 1 aliphatic carbocycles. The van der Waals surface area contributed by atoms with Crippen molar-refractivity contribution in [2.24, 2.45) is 11.8 Å². The maximum absolute atomic E-state index is 13.4. The number of halogens is 4. The second-order valence-electron chi connectivity index (χ2n) is 4.07. The van der Waals surface area contributed by atoms with Crippen molar-refractivity contribution >= 4 is 5.97 Å². The highest BCUT2D eigenvalue weighted by Gasteiger charge is 2.61. The van der Waals surface area contributed by atoms with Crippen LogP contribution < -0.4 is 0 Å². The number of esters is 1. The van der Waals surface area contributed by atoms with Crippen LogP contribution in [0.5, 0.6) is 0 Å². The van der Waals surface area contributed by atoms with Crippen LogP contribution in [0.25, 0.3) is 0 Å². The second kappa shape index (κ2) is 4.20. The van der Waals surface area contributed by atoms with E-state index in [0.717, 1.165) is 13.2 Å². The zero-order valence-electron chi connectivity index (χ0n) is 9.24. The molecule has 4 nitrogen and oxygen atoms in total. The first-order valence-electron chi connectivity index (χ1n) is 5.15. The van der Waals surface area contributed by atoms with Crippen molar-refractivity contribution in [2.45, 2.75) is 24.9 Å². The molecule has 1 fully saturated rings. The van der Waals surface area contributed by atoms with Crippen LogP contribution in [-0.2, 0) is 19.0 Å². The SMILES string of the molecule is COC(=O)C1C=CC2OC(F)(F)OC(F)(F)C2C1. The molecule has 3 atom stereocenters. The minimum atomic E-state index is -4.34. The van der Waals surface area contributed by atoms with E-state index in [1.807, 2.05) is 0 Å². The third-order valence-corrected chi connectivity index (χ3v) is 2.90. The number of carbonyl (C=O) groups excluding carboxylic acids is 1. The van der Waals surface area contributed by atoms with Gasteiger partial charge in [-0.3, -0.25) is 9.53 Å². The summed E-state index contributed by atoms with van der Waals surface area (Å²) in [5.41, 5.74) is 0. The third kappa shape index (κ3) is 2.35. The molecule has 0 aromatic carbocycles. The van der Waals surface area contributed by atoms with Crippen molar-refractivity contribution < 1.29 is 36.6 Å². The predicted molar refractivity (Wildman–Crippen MR) is 48.6 cm³/mol. The van der Waals surface area contributed by atoms with Gasteiger partial charge in [-0.1, -0.05) is 12.2 Å². The van der Waals surface area contributed by atoms with Gasteiger partial charge in [0.1, 0.15) is 0 Å². The number of alkyl halides is 4. The number of methoxy groups -OCH3 is 1. The topological polar surface area (TPSA) is 44.8 Å². The third-order valence-electron chi connectivity index (χ3n) is 2.90. The summed E-state index contributed by atoms with van der Waals surface area (Å²) >= 11 is 0. The van der Waals surface area contributed by atoms with Crippen LogP contribution in [0.3, 0.4) is 0 Å². The number of carbonyl (C=O) groups is 1. The van der Waals surface area contributed by atoms with Gasteiger partial charge in [-0.15, -0.1) is 8.78 Å². The molecule has 0 aromatic heterocycles. The van der Waals surface area contributed by atoms with Crippen LogP contribution in [0.1, 0.15) is 6.42 Å².